The number of carbonyl (C=O) groups excluding carboxylic acids is 1. The Morgan fingerprint density at radius 2 is 2.18 bits per heavy atom. The van der Waals surface area contributed by atoms with E-state index < -0.39 is 0 Å². The van der Waals surface area contributed by atoms with Gasteiger partial charge in [0.15, 0.2) is 0 Å². The second-order valence-electron chi connectivity index (χ2n) is 4.58. The predicted octanol–water partition coefficient (Wildman–Crippen LogP) is 1.51. The Labute approximate surface area is 101 Å². The molecular weight excluding hydrogens is 216 g/mol. The summed E-state index contributed by atoms with van der Waals surface area (Å²) >= 11 is 0. The Hall–Kier alpha value is -1.42. The van der Waals surface area contributed by atoms with Crippen molar-refractivity contribution in [1.29, 1.82) is 0 Å². The Balaban J connectivity index is 1.83. The Morgan fingerprint density at radius 3 is 2.71 bits per heavy atom. The molecule has 2 rings (SSSR count). The van der Waals surface area contributed by atoms with Gasteiger partial charge in [0.05, 0.1) is 12.5 Å². The highest BCUT2D eigenvalue weighted by Gasteiger charge is 2.44. The third-order valence-electron chi connectivity index (χ3n) is 3.47. The molecule has 1 fully saturated rings. The van der Waals surface area contributed by atoms with Crippen LogP contribution in [0, 0.1) is 5.41 Å². The minimum Gasteiger partial charge on any atom is -0.469 e. The minimum absolute atomic E-state index is 0.0778. The molecule has 0 radical (unpaired) electrons. The molecule has 1 aromatic rings. The van der Waals surface area contributed by atoms with E-state index in [0.29, 0.717) is 6.54 Å². The highest BCUT2D eigenvalue weighted by molar-refractivity contribution is 5.78. The molecule has 0 amide bonds. The molecule has 0 saturated heterocycles. The molecule has 17 heavy (non-hydrogen) atoms. The summed E-state index contributed by atoms with van der Waals surface area (Å²) < 4.78 is 4.87. The van der Waals surface area contributed by atoms with E-state index in [2.05, 4.69) is 10.3 Å². The van der Waals surface area contributed by atoms with Crippen LogP contribution in [-0.4, -0.2) is 24.6 Å². The molecular formula is C13H18N2O2. The fourth-order valence-electron chi connectivity index (χ4n) is 2.22. The number of rotatable bonds is 5. The number of carbonyl (C=O) groups is 1. The molecule has 1 N–H and O–H groups in total. The Morgan fingerprint density at radius 1 is 1.47 bits per heavy atom. The Kier molecular flexibility index (Phi) is 3.74. The summed E-state index contributed by atoms with van der Waals surface area (Å²) in [5, 5.41) is 3.33. The zero-order chi connectivity index (χ0) is 12.1. The van der Waals surface area contributed by atoms with Gasteiger partial charge in [0.25, 0.3) is 0 Å². The zero-order valence-electron chi connectivity index (χ0n) is 10.1. The lowest BCUT2D eigenvalue weighted by molar-refractivity contribution is -0.158. The second-order valence-corrected chi connectivity index (χ2v) is 4.58. The summed E-state index contributed by atoms with van der Waals surface area (Å²) in [6.07, 6.45) is 6.53. The quantitative estimate of drug-likeness (QED) is 0.785. The molecule has 1 aromatic heterocycles. The number of methoxy groups -OCH3 is 1. The van der Waals surface area contributed by atoms with Crippen molar-refractivity contribution in [3.63, 3.8) is 0 Å². The fraction of sp³-hybridized carbons (Fsp3) is 0.538. The van der Waals surface area contributed by atoms with Crippen LogP contribution in [0.3, 0.4) is 0 Å². The first-order valence-corrected chi connectivity index (χ1v) is 5.95. The molecule has 0 bridgehead atoms. The summed E-state index contributed by atoms with van der Waals surface area (Å²) in [5.74, 6) is -0.0778. The van der Waals surface area contributed by atoms with Crippen LogP contribution >= 0.6 is 0 Å². The number of pyridine rings is 1. The van der Waals surface area contributed by atoms with Crippen LogP contribution in [0.25, 0.3) is 0 Å². The summed E-state index contributed by atoms with van der Waals surface area (Å²) in [4.78, 5) is 15.7. The monoisotopic (exact) mass is 234 g/mol. The van der Waals surface area contributed by atoms with Crippen molar-refractivity contribution in [2.45, 2.75) is 25.8 Å². The van der Waals surface area contributed by atoms with Gasteiger partial charge in [0, 0.05) is 25.5 Å². The molecule has 0 atom stereocenters. The molecule has 4 heteroatoms. The normalized spacial score (nSPS) is 17.2. The topological polar surface area (TPSA) is 51.2 Å². The number of aromatic nitrogens is 1. The third kappa shape index (κ3) is 2.64. The van der Waals surface area contributed by atoms with Gasteiger partial charge >= 0.3 is 5.97 Å². The van der Waals surface area contributed by atoms with Gasteiger partial charge in [0.1, 0.15) is 0 Å². The van der Waals surface area contributed by atoms with E-state index in [-0.39, 0.29) is 11.4 Å². The van der Waals surface area contributed by atoms with Gasteiger partial charge < -0.3 is 10.1 Å². The molecule has 1 heterocycles. The first-order valence-electron chi connectivity index (χ1n) is 5.95. The molecule has 0 spiro atoms. The van der Waals surface area contributed by atoms with Crippen molar-refractivity contribution in [2.75, 3.05) is 13.7 Å². The maximum absolute atomic E-state index is 11.7. The molecule has 0 unspecified atom stereocenters. The van der Waals surface area contributed by atoms with Crippen LogP contribution in [0.1, 0.15) is 24.8 Å². The maximum atomic E-state index is 11.7. The van der Waals surface area contributed by atoms with Gasteiger partial charge in [-0.1, -0.05) is 6.42 Å². The van der Waals surface area contributed by atoms with E-state index in [1.165, 1.54) is 12.7 Å². The highest BCUT2D eigenvalue weighted by atomic mass is 16.5. The van der Waals surface area contributed by atoms with Crippen molar-refractivity contribution in [3.05, 3.63) is 30.1 Å². The molecule has 92 valence electrons. The van der Waals surface area contributed by atoms with E-state index in [9.17, 15) is 4.79 Å². The second kappa shape index (κ2) is 5.27. The van der Waals surface area contributed by atoms with E-state index in [1.54, 1.807) is 12.4 Å². The fourth-order valence-corrected chi connectivity index (χ4v) is 2.22. The molecule has 0 aliphatic heterocycles. The van der Waals surface area contributed by atoms with Crippen LogP contribution in [-0.2, 0) is 16.1 Å². The summed E-state index contributed by atoms with van der Waals surface area (Å²) in [5.41, 5.74) is 0.904. The van der Waals surface area contributed by atoms with Crippen LogP contribution in [0.15, 0.2) is 24.5 Å². The van der Waals surface area contributed by atoms with Gasteiger partial charge in [0.2, 0.25) is 0 Å². The van der Waals surface area contributed by atoms with E-state index >= 15 is 0 Å². The third-order valence-corrected chi connectivity index (χ3v) is 3.47. The molecule has 1 aliphatic carbocycles. The van der Waals surface area contributed by atoms with Crippen molar-refractivity contribution in [1.82, 2.24) is 10.3 Å². The van der Waals surface area contributed by atoms with Crippen LogP contribution < -0.4 is 5.32 Å². The first kappa shape index (κ1) is 12.0. The largest absolute Gasteiger partial charge is 0.469 e. The van der Waals surface area contributed by atoms with Crippen LogP contribution in [0.5, 0.6) is 0 Å². The average molecular weight is 234 g/mol. The van der Waals surface area contributed by atoms with E-state index in [1.807, 2.05) is 12.1 Å². The Bertz CT molecular complexity index is 374. The number of esters is 1. The van der Waals surface area contributed by atoms with E-state index in [0.717, 1.165) is 25.8 Å². The molecule has 1 aliphatic rings. The van der Waals surface area contributed by atoms with Gasteiger partial charge in [-0.3, -0.25) is 9.78 Å². The molecule has 0 aromatic carbocycles. The van der Waals surface area contributed by atoms with Crippen LogP contribution in [0.4, 0.5) is 0 Å². The first-order chi connectivity index (χ1) is 8.27. The number of nitrogens with one attached hydrogen (secondary N) is 1. The number of hydrogen-bond donors (Lipinski definition) is 1. The highest BCUT2D eigenvalue weighted by Crippen LogP contribution is 2.41. The average Bonchev–Trinajstić information content (AvgIpc) is 2.33. The van der Waals surface area contributed by atoms with Gasteiger partial charge in [-0.15, -0.1) is 0 Å². The number of ether oxygens (including phenoxy) is 1. The van der Waals surface area contributed by atoms with Crippen molar-refractivity contribution >= 4 is 5.97 Å². The lowest BCUT2D eigenvalue weighted by Gasteiger charge is -2.39. The number of hydrogen-bond acceptors (Lipinski definition) is 4. The van der Waals surface area contributed by atoms with Crippen molar-refractivity contribution < 1.29 is 9.53 Å². The predicted molar refractivity (Wildman–Crippen MR) is 64.2 cm³/mol. The van der Waals surface area contributed by atoms with Gasteiger partial charge in [-0.25, -0.2) is 0 Å². The standard InChI is InChI=1S/C13H18N2O2/c1-17-12(16)13(5-2-6-13)10-15-9-11-3-7-14-8-4-11/h3-4,7-8,15H,2,5-6,9-10H2,1H3. The van der Waals surface area contributed by atoms with Crippen molar-refractivity contribution in [3.8, 4) is 0 Å². The lowest BCUT2D eigenvalue weighted by atomic mass is 9.68. The summed E-state index contributed by atoms with van der Waals surface area (Å²) in [6, 6.07) is 3.94. The van der Waals surface area contributed by atoms with Crippen LogP contribution in [0.2, 0.25) is 0 Å². The lowest BCUT2D eigenvalue weighted by Crippen LogP contribution is -2.46. The SMILES string of the molecule is COC(=O)C1(CNCc2ccncc2)CCC1. The van der Waals surface area contributed by atoms with Crippen molar-refractivity contribution in [2.24, 2.45) is 5.41 Å². The van der Waals surface area contributed by atoms with Gasteiger partial charge in [-0.2, -0.15) is 0 Å². The van der Waals surface area contributed by atoms with Gasteiger partial charge in [-0.05, 0) is 30.5 Å². The summed E-state index contributed by atoms with van der Waals surface area (Å²) in [7, 11) is 1.46. The summed E-state index contributed by atoms with van der Waals surface area (Å²) in [6.45, 7) is 1.46. The van der Waals surface area contributed by atoms with E-state index in [4.69, 9.17) is 4.74 Å². The maximum Gasteiger partial charge on any atom is 0.313 e. The zero-order valence-corrected chi connectivity index (χ0v) is 10.1. The minimum atomic E-state index is -0.276. The smallest absolute Gasteiger partial charge is 0.313 e. The molecule has 1 saturated carbocycles. The number of nitrogens with zero attached hydrogens (tertiary/aromatic N) is 1. The molecule has 4 nitrogen and oxygen atoms in total.